The summed E-state index contributed by atoms with van der Waals surface area (Å²) in [5, 5.41) is 13.3. The molecule has 0 heterocycles. The summed E-state index contributed by atoms with van der Waals surface area (Å²) >= 11 is 0. The Labute approximate surface area is 172 Å². The van der Waals surface area contributed by atoms with Crippen LogP contribution in [-0.2, 0) is 23.9 Å². The van der Waals surface area contributed by atoms with Crippen LogP contribution in [0.2, 0.25) is 0 Å². The highest BCUT2D eigenvalue weighted by molar-refractivity contribution is 6.02. The third kappa shape index (κ3) is 5.35. The first kappa shape index (κ1) is 23.3. The van der Waals surface area contributed by atoms with Crippen molar-refractivity contribution in [3.8, 4) is 11.1 Å². The molecule has 12 heteroatoms. The lowest BCUT2D eigenvalue weighted by Crippen LogP contribution is -2.29. The first-order valence-corrected chi connectivity index (χ1v) is 8.42. The van der Waals surface area contributed by atoms with E-state index in [9.17, 15) is 37.7 Å². The van der Waals surface area contributed by atoms with E-state index in [0.29, 0.717) is 0 Å². The van der Waals surface area contributed by atoms with Crippen LogP contribution in [0, 0.1) is 10.1 Å². The molecule has 0 aromatic heterocycles. The molecule has 0 saturated carbocycles. The summed E-state index contributed by atoms with van der Waals surface area (Å²) in [5.41, 5.74) is -0.653. The molecular weight excluding hydrogens is 425 g/mol. The Hall–Kier alpha value is -3.96. The first-order chi connectivity index (χ1) is 14.5. The van der Waals surface area contributed by atoms with Gasteiger partial charge in [0.1, 0.15) is 0 Å². The lowest BCUT2D eigenvalue weighted by atomic mass is 9.94. The highest BCUT2D eigenvalue weighted by Crippen LogP contribution is 2.34. The van der Waals surface area contributed by atoms with Gasteiger partial charge in [0.25, 0.3) is 5.69 Å². The fourth-order valence-electron chi connectivity index (χ4n) is 2.69. The standard InChI is InChI=1S/C19H15F3N2O7/c1-30-16(25)15(17(26)31-2)13-7-6-11(9-14(13)24(28)29)10-4-3-5-12(8-10)23-18(27)19(20,21)22/h3-9,15H,1-2H3,(H,23,27). The van der Waals surface area contributed by atoms with E-state index >= 15 is 0 Å². The topological polar surface area (TPSA) is 125 Å². The maximum atomic E-state index is 12.4. The number of carbonyl (C=O) groups is 3. The Bertz CT molecular complexity index is 1020. The van der Waals surface area contributed by atoms with Crippen LogP contribution in [0.5, 0.6) is 0 Å². The van der Waals surface area contributed by atoms with E-state index < -0.39 is 40.6 Å². The third-order valence-electron chi connectivity index (χ3n) is 4.12. The molecule has 0 atom stereocenters. The number of carbonyl (C=O) groups excluding carboxylic acids is 3. The van der Waals surface area contributed by atoms with Gasteiger partial charge in [-0.3, -0.25) is 24.5 Å². The Morgan fingerprint density at radius 3 is 2.10 bits per heavy atom. The monoisotopic (exact) mass is 440 g/mol. The Morgan fingerprint density at radius 1 is 1.00 bits per heavy atom. The quantitative estimate of drug-likeness (QED) is 0.317. The van der Waals surface area contributed by atoms with E-state index in [0.717, 1.165) is 26.4 Å². The molecule has 0 radical (unpaired) electrons. The van der Waals surface area contributed by atoms with E-state index in [1.54, 1.807) is 5.32 Å². The average molecular weight is 440 g/mol. The summed E-state index contributed by atoms with van der Waals surface area (Å²) in [7, 11) is 2.00. The zero-order valence-electron chi connectivity index (χ0n) is 16.1. The first-order valence-electron chi connectivity index (χ1n) is 8.42. The maximum absolute atomic E-state index is 12.4. The highest BCUT2D eigenvalue weighted by Gasteiger charge is 2.39. The number of methoxy groups -OCH3 is 2. The molecule has 9 nitrogen and oxygen atoms in total. The van der Waals surface area contributed by atoms with Crippen LogP contribution in [0.1, 0.15) is 11.5 Å². The van der Waals surface area contributed by atoms with Crippen molar-refractivity contribution in [3.63, 3.8) is 0 Å². The molecule has 0 saturated heterocycles. The number of halogens is 3. The Morgan fingerprint density at radius 2 is 1.58 bits per heavy atom. The van der Waals surface area contributed by atoms with Gasteiger partial charge >= 0.3 is 24.0 Å². The molecule has 0 unspecified atom stereocenters. The van der Waals surface area contributed by atoms with Crippen LogP contribution in [0.4, 0.5) is 24.5 Å². The second kappa shape index (κ2) is 9.24. The van der Waals surface area contributed by atoms with Gasteiger partial charge in [0.15, 0.2) is 5.92 Å². The lowest BCUT2D eigenvalue weighted by Gasteiger charge is -2.14. The zero-order chi connectivity index (χ0) is 23.3. The number of esters is 2. The molecule has 0 aliphatic rings. The summed E-state index contributed by atoms with van der Waals surface area (Å²) in [6.07, 6.45) is -5.09. The second-order valence-electron chi connectivity index (χ2n) is 6.04. The predicted octanol–water partition coefficient (Wildman–Crippen LogP) is 3.19. The molecule has 0 aliphatic carbocycles. The number of nitrogens with zero attached hydrogens (tertiary/aromatic N) is 1. The van der Waals surface area contributed by atoms with Crippen LogP contribution in [0.25, 0.3) is 11.1 Å². The SMILES string of the molecule is COC(=O)C(C(=O)OC)c1ccc(-c2cccc(NC(=O)C(F)(F)F)c2)cc1[N+](=O)[O-]. The fraction of sp³-hybridized carbons (Fsp3) is 0.211. The van der Waals surface area contributed by atoms with E-state index in [1.807, 2.05) is 0 Å². The van der Waals surface area contributed by atoms with Crippen LogP contribution in [-0.4, -0.2) is 43.2 Å². The van der Waals surface area contributed by atoms with Crippen LogP contribution in [0.15, 0.2) is 42.5 Å². The van der Waals surface area contributed by atoms with Gasteiger partial charge in [0.05, 0.1) is 24.7 Å². The molecule has 2 rings (SSSR count). The highest BCUT2D eigenvalue weighted by atomic mass is 19.4. The molecule has 164 valence electrons. The molecule has 0 spiro atoms. The Balaban J connectivity index is 2.51. The molecule has 31 heavy (non-hydrogen) atoms. The molecule has 0 bridgehead atoms. The minimum Gasteiger partial charge on any atom is -0.468 e. The number of anilines is 1. The smallest absolute Gasteiger partial charge is 0.468 e. The van der Waals surface area contributed by atoms with Gasteiger partial charge in [0, 0.05) is 11.8 Å². The number of benzene rings is 2. The predicted molar refractivity (Wildman–Crippen MR) is 100.0 cm³/mol. The molecule has 2 aromatic rings. The van der Waals surface area contributed by atoms with Gasteiger partial charge in [-0.1, -0.05) is 24.3 Å². The minimum atomic E-state index is -5.09. The second-order valence-corrected chi connectivity index (χ2v) is 6.04. The summed E-state index contributed by atoms with van der Waals surface area (Å²) in [6, 6.07) is 8.69. The van der Waals surface area contributed by atoms with Gasteiger partial charge in [-0.05, 0) is 23.3 Å². The number of nitrogens with one attached hydrogen (secondary N) is 1. The van der Waals surface area contributed by atoms with Crippen molar-refractivity contribution in [2.75, 3.05) is 19.5 Å². The third-order valence-corrected chi connectivity index (χ3v) is 4.12. The normalized spacial score (nSPS) is 11.0. The van der Waals surface area contributed by atoms with Crippen LogP contribution in [0.3, 0.4) is 0 Å². The summed E-state index contributed by atoms with van der Waals surface area (Å²) in [5.74, 6) is -6.02. The number of ether oxygens (including phenoxy) is 2. The van der Waals surface area contributed by atoms with Crippen LogP contribution >= 0.6 is 0 Å². The van der Waals surface area contributed by atoms with Gasteiger partial charge in [0.2, 0.25) is 0 Å². The van der Waals surface area contributed by atoms with Gasteiger partial charge in [-0.15, -0.1) is 0 Å². The van der Waals surface area contributed by atoms with E-state index in [-0.39, 0.29) is 22.4 Å². The summed E-state index contributed by atoms with van der Waals surface area (Å²) < 4.78 is 46.4. The molecule has 2 aromatic carbocycles. The molecule has 1 N–H and O–H groups in total. The number of hydrogen-bond donors (Lipinski definition) is 1. The van der Waals surface area contributed by atoms with Gasteiger partial charge in [-0.25, -0.2) is 0 Å². The molecular formula is C19H15F3N2O7. The lowest BCUT2D eigenvalue weighted by molar-refractivity contribution is -0.385. The summed E-state index contributed by atoms with van der Waals surface area (Å²) in [6.45, 7) is 0. The number of hydrogen-bond acceptors (Lipinski definition) is 7. The Kier molecular flexibility index (Phi) is 6.95. The van der Waals surface area contributed by atoms with E-state index in [1.165, 1.54) is 30.3 Å². The number of rotatable bonds is 6. The van der Waals surface area contributed by atoms with E-state index in [2.05, 4.69) is 9.47 Å². The summed E-state index contributed by atoms with van der Waals surface area (Å²) in [4.78, 5) is 45.9. The number of nitro groups is 1. The van der Waals surface area contributed by atoms with Gasteiger partial charge < -0.3 is 14.8 Å². The number of nitro benzene ring substituents is 1. The van der Waals surface area contributed by atoms with E-state index in [4.69, 9.17) is 0 Å². The van der Waals surface area contributed by atoms with Crippen molar-refractivity contribution in [3.05, 3.63) is 58.1 Å². The molecule has 0 fully saturated rings. The zero-order valence-corrected chi connectivity index (χ0v) is 16.1. The largest absolute Gasteiger partial charge is 0.471 e. The van der Waals surface area contributed by atoms with Crippen molar-refractivity contribution in [2.45, 2.75) is 12.1 Å². The van der Waals surface area contributed by atoms with Crippen LogP contribution < -0.4 is 5.32 Å². The number of amides is 1. The fourth-order valence-corrected chi connectivity index (χ4v) is 2.69. The van der Waals surface area contributed by atoms with Crippen molar-refractivity contribution in [1.29, 1.82) is 0 Å². The average Bonchev–Trinajstić information content (AvgIpc) is 2.73. The van der Waals surface area contributed by atoms with Gasteiger partial charge in [-0.2, -0.15) is 13.2 Å². The molecule has 1 amide bonds. The van der Waals surface area contributed by atoms with Crippen molar-refractivity contribution < 1.29 is 42.0 Å². The van der Waals surface area contributed by atoms with Crippen molar-refractivity contribution >= 4 is 29.2 Å². The van der Waals surface area contributed by atoms with Crippen molar-refractivity contribution in [1.82, 2.24) is 0 Å². The number of alkyl halides is 3. The minimum absolute atomic E-state index is 0.187. The van der Waals surface area contributed by atoms with Crippen molar-refractivity contribution in [2.24, 2.45) is 0 Å². The maximum Gasteiger partial charge on any atom is 0.471 e. The molecule has 0 aliphatic heterocycles.